The Labute approximate surface area is 130 Å². The quantitative estimate of drug-likeness (QED) is 0.883. The summed E-state index contributed by atoms with van der Waals surface area (Å²) in [5.41, 5.74) is 7.64. The van der Waals surface area contributed by atoms with E-state index in [9.17, 15) is 4.79 Å². The Morgan fingerprint density at radius 3 is 2.62 bits per heavy atom. The number of carboxylic acids is 1. The lowest BCUT2D eigenvalue weighted by Gasteiger charge is -2.12. The van der Waals surface area contributed by atoms with E-state index >= 15 is 0 Å². The minimum Gasteiger partial charge on any atom is -0.481 e. The third-order valence-electron chi connectivity index (χ3n) is 3.00. The molecule has 0 radical (unpaired) electrons. The van der Waals surface area contributed by atoms with Crippen LogP contribution >= 0.6 is 12.4 Å². The second kappa shape index (κ2) is 7.67. The summed E-state index contributed by atoms with van der Waals surface area (Å²) in [6.07, 6.45) is -0.103. The van der Waals surface area contributed by atoms with Crippen molar-refractivity contribution in [2.24, 2.45) is 5.73 Å². The largest absolute Gasteiger partial charge is 0.481 e. The first kappa shape index (κ1) is 17.0. The molecule has 0 saturated heterocycles. The van der Waals surface area contributed by atoms with Crippen LogP contribution in [0.25, 0.3) is 0 Å². The average Bonchev–Trinajstić information content (AvgIpc) is 2.41. The summed E-state index contributed by atoms with van der Waals surface area (Å²) in [6, 6.07) is 14.4. The molecule has 0 unspecified atom stereocenters. The lowest BCUT2D eigenvalue weighted by atomic mass is 10.0. The number of nitrogens with two attached hydrogens (primary N) is 1. The van der Waals surface area contributed by atoms with Crippen molar-refractivity contribution in [1.82, 2.24) is 0 Å². The van der Waals surface area contributed by atoms with Crippen LogP contribution in [0.15, 0.2) is 48.5 Å². The first-order valence-electron chi connectivity index (χ1n) is 6.37. The zero-order chi connectivity index (χ0) is 14.5. The van der Waals surface area contributed by atoms with Crippen molar-refractivity contribution >= 4 is 18.4 Å². The number of hydrogen-bond donors (Lipinski definition) is 2. The minimum absolute atomic E-state index is 0. The maximum Gasteiger partial charge on any atom is 0.305 e. The van der Waals surface area contributed by atoms with Crippen molar-refractivity contribution in [3.05, 3.63) is 59.7 Å². The summed E-state index contributed by atoms with van der Waals surface area (Å²) in [7, 11) is 0. The number of carbonyl (C=O) groups is 1. The second-order valence-corrected chi connectivity index (χ2v) is 4.64. The molecule has 3 N–H and O–H groups in total. The lowest BCUT2D eigenvalue weighted by Crippen LogP contribution is -2.14. The van der Waals surface area contributed by atoms with Gasteiger partial charge in [-0.1, -0.05) is 30.3 Å². The molecule has 0 saturated carbocycles. The Morgan fingerprint density at radius 1 is 1.24 bits per heavy atom. The van der Waals surface area contributed by atoms with Crippen molar-refractivity contribution in [2.75, 3.05) is 0 Å². The molecular weight excluding hydrogens is 290 g/mol. The van der Waals surface area contributed by atoms with Crippen LogP contribution in [-0.2, 0) is 4.79 Å². The predicted octanol–water partition coefficient (Wildman–Crippen LogP) is 3.68. The van der Waals surface area contributed by atoms with Crippen molar-refractivity contribution < 1.29 is 14.6 Å². The topological polar surface area (TPSA) is 72.5 Å². The van der Waals surface area contributed by atoms with Crippen LogP contribution in [0.4, 0.5) is 0 Å². The van der Waals surface area contributed by atoms with Gasteiger partial charge in [0, 0.05) is 6.04 Å². The molecule has 0 aromatic heterocycles. The van der Waals surface area contributed by atoms with Crippen LogP contribution in [0.5, 0.6) is 11.5 Å². The molecule has 21 heavy (non-hydrogen) atoms. The van der Waals surface area contributed by atoms with E-state index in [-0.39, 0.29) is 18.8 Å². The normalized spacial score (nSPS) is 11.3. The molecule has 2 aromatic carbocycles. The Bertz CT molecular complexity index is 616. The van der Waals surface area contributed by atoms with Gasteiger partial charge in [0.05, 0.1) is 6.42 Å². The fourth-order valence-corrected chi connectivity index (χ4v) is 1.91. The number of hydrogen-bond acceptors (Lipinski definition) is 3. The Morgan fingerprint density at radius 2 is 1.95 bits per heavy atom. The molecule has 5 heteroatoms. The van der Waals surface area contributed by atoms with Gasteiger partial charge in [-0.25, -0.2) is 0 Å². The van der Waals surface area contributed by atoms with Crippen LogP contribution < -0.4 is 10.5 Å². The average molecular weight is 308 g/mol. The SMILES string of the molecule is Cc1ccccc1Oc1cccc([C@@H](N)CC(=O)O)c1.Cl. The first-order chi connectivity index (χ1) is 9.56. The number of benzene rings is 2. The Hall–Kier alpha value is -2.04. The number of para-hydroxylation sites is 1. The Kier molecular flexibility index (Phi) is 6.21. The summed E-state index contributed by atoms with van der Waals surface area (Å²) in [4.78, 5) is 10.7. The third-order valence-corrected chi connectivity index (χ3v) is 3.00. The van der Waals surface area contributed by atoms with E-state index < -0.39 is 12.0 Å². The zero-order valence-electron chi connectivity index (χ0n) is 11.7. The highest BCUT2D eigenvalue weighted by atomic mass is 35.5. The summed E-state index contributed by atoms with van der Waals surface area (Å²) in [5.74, 6) is 0.511. The number of ether oxygens (including phenoxy) is 1. The second-order valence-electron chi connectivity index (χ2n) is 4.64. The van der Waals surface area contributed by atoms with Crippen molar-refractivity contribution in [1.29, 1.82) is 0 Å². The van der Waals surface area contributed by atoms with Crippen LogP contribution in [-0.4, -0.2) is 11.1 Å². The van der Waals surface area contributed by atoms with Gasteiger partial charge in [0.1, 0.15) is 11.5 Å². The van der Waals surface area contributed by atoms with Gasteiger partial charge in [0.25, 0.3) is 0 Å². The van der Waals surface area contributed by atoms with E-state index in [1.807, 2.05) is 43.3 Å². The molecule has 2 aromatic rings. The maximum absolute atomic E-state index is 10.7. The van der Waals surface area contributed by atoms with Crippen molar-refractivity contribution in [3.8, 4) is 11.5 Å². The third kappa shape index (κ3) is 4.77. The van der Waals surface area contributed by atoms with E-state index in [2.05, 4.69) is 0 Å². The number of halogens is 1. The molecule has 1 atom stereocenters. The van der Waals surface area contributed by atoms with Gasteiger partial charge in [0.15, 0.2) is 0 Å². The van der Waals surface area contributed by atoms with E-state index in [0.29, 0.717) is 5.75 Å². The highest BCUT2D eigenvalue weighted by Crippen LogP contribution is 2.27. The molecule has 0 aliphatic carbocycles. The summed E-state index contributed by atoms with van der Waals surface area (Å²) in [6.45, 7) is 1.97. The van der Waals surface area contributed by atoms with Crippen LogP contribution in [0.1, 0.15) is 23.6 Å². The predicted molar refractivity (Wildman–Crippen MR) is 84.1 cm³/mol. The number of aryl methyl sites for hydroxylation is 1. The van der Waals surface area contributed by atoms with Crippen molar-refractivity contribution in [3.63, 3.8) is 0 Å². The molecule has 0 aliphatic rings. The zero-order valence-corrected chi connectivity index (χ0v) is 12.5. The molecular formula is C16H18ClNO3. The molecule has 0 fully saturated rings. The van der Waals surface area contributed by atoms with E-state index in [4.69, 9.17) is 15.6 Å². The van der Waals surface area contributed by atoms with Gasteiger partial charge in [0.2, 0.25) is 0 Å². The number of rotatable bonds is 5. The summed E-state index contributed by atoms with van der Waals surface area (Å²) in [5, 5.41) is 8.77. The van der Waals surface area contributed by atoms with Gasteiger partial charge >= 0.3 is 5.97 Å². The van der Waals surface area contributed by atoms with Gasteiger partial charge in [-0.3, -0.25) is 4.79 Å². The summed E-state index contributed by atoms with van der Waals surface area (Å²) < 4.78 is 5.80. The highest BCUT2D eigenvalue weighted by molar-refractivity contribution is 5.85. The van der Waals surface area contributed by atoms with E-state index in [1.165, 1.54) is 0 Å². The van der Waals surface area contributed by atoms with E-state index in [1.54, 1.807) is 12.1 Å². The molecule has 112 valence electrons. The Balaban J connectivity index is 0.00000220. The van der Waals surface area contributed by atoms with Gasteiger partial charge < -0.3 is 15.6 Å². The molecule has 0 spiro atoms. The molecule has 0 aliphatic heterocycles. The number of carboxylic acid groups (broad SMARTS) is 1. The molecule has 2 rings (SSSR count). The molecule has 0 bridgehead atoms. The van der Waals surface area contributed by atoms with Gasteiger partial charge in [-0.05, 0) is 36.2 Å². The fourth-order valence-electron chi connectivity index (χ4n) is 1.91. The standard InChI is InChI=1S/C16H17NO3.ClH/c1-11-5-2-3-8-15(11)20-13-7-4-6-12(9-13)14(17)10-16(18)19;/h2-9,14H,10,17H2,1H3,(H,18,19);1H/t14-;/m0./s1. The highest BCUT2D eigenvalue weighted by Gasteiger charge is 2.11. The van der Waals surface area contributed by atoms with Crippen LogP contribution in [0, 0.1) is 6.92 Å². The molecule has 0 heterocycles. The van der Waals surface area contributed by atoms with Gasteiger partial charge in [-0.2, -0.15) is 0 Å². The lowest BCUT2D eigenvalue weighted by molar-refractivity contribution is -0.137. The van der Waals surface area contributed by atoms with Crippen LogP contribution in [0.2, 0.25) is 0 Å². The smallest absolute Gasteiger partial charge is 0.305 e. The van der Waals surface area contributed by atoms with Crippen LogP contribution in [0.3, 0.4) is 0 Å². The monoisotopic (exact) mass is 307 g/mol. The van der Waals surface area contributed by atoms with Crippen molar-refractivity contribution in [2.45, 2.75) is 19.4 Å². The number of aliphatic carboxylic acids is 1. The fraction of sp³-hybridized carbons (Fsp3) is 0.188. The molecule has 0 amide bonds. The van der Waals surface area contributed by atoms with Gasteiger partial charge in [-0.15, -0.1) is 12.4 Å². The molecule has 4 nitrogen and oxygen atoms in total. The minimum atomic E-state index is -0.914. The first-order valence-corrected chi connectivity index (χ1v) is 6.37. The maximum atomic E-state index is 10.7. The summed E-state index contributed by atoms with van der Waals surface area (Å²) >= 11 is 0. The van der Waals surface area contributed by atoms with E-state index in [0.717, 1.165) is 16.9 Å².